The molecule has 0 atom stereocenters. The number of carbonyl (C=O) groups is 1. The van der Waals surface area contributed by atoms with Gasteiger partial charge in [0.2, 0.25) is 0 Å². The molecule has 2 rings (SSSR count). The van der Waals surface area contributed by atoms with Crippen molar-refractivity contribution in [3.05, 3.63) is 28.6 Å². The van der Waals surface area contributed by atoms with Crippen molar-refractivity contribution in [2.45, 2.75) is 27.2 Å². The summed E-state index contributed by atoms with van der Waals surface area (Å²) >= 11 is 1.42. The third-order valence-electron chi connectivity index (χ3n) is 3.61. The number of aliphatic hydroxyl groups is 1. The highest BCUT2D eigenvalue weighted by atomic mass is 32.1. The third kappa shape index (κ3) is 3.54. The topological polar surface area (TPSA) is 75.4 Å². The Labute approximate surface area is 129 Å². The predicted octanol–water partition coefficient (Wildman–Crippen LogP) is 2.93. The number of nitrogens with one attached hydrogen (secondary N) is 1. The number of nitrogen functional groups attached to an aromatic ring is 1. The number of hydrogen-bond donors (Lipinski definition) is 3. The van der Waals surface area contributed by atoms with Crippen LogP contribution in [0.5, 0.6) is 0 Å². The van der Waals surface area contributed by atoms with Crippen LogP contribution < -0.4 is 11.1 Å². The van der Waals surface area contributed by atoms with E-state index in [1.54, 1.807) is 0 Å². The summed E-state index contributed by atoms with van der Waals surface area (Å²) in [7, 11) is 0. The monoisotopic (exact) mass is 306 g/mol. The van der Waals surface area contributed by atoms with Crippen LogP contribution >= 0.6 is 11.3 Å². The van der Waals surface area contributed by atoms with E-state index in [2.05, 4.69) is 5.32 Å². The zero-order valence-electron chi connectivity index (χ0n) is 12.7. The maximum absolute atomic E-state index is 12.3. The Morgan fingerprint density at radius 1 is 1.43 bits per heavy atom. The van der Waals surface area contributed by atoms with Crippen LogP contribution in [0.4, 0.5) is 5.69 Å². The summed E-state index contributed by atoms with van der Waals surface area (Å²) in [4.78, 5) is 12.9. The van der Waals surface area contributed by atoms with Crippen LogP contribution in [0.1, 0.15) is 35.5 Å². The average molecular weight is 306 g/mol. The Kier molecular flexibility index (Phi) is 4.54. The molecule has 114 valence electrons. The Morgan fingerprint density at radius 2 is 2.14 bits per heavy atom. The van der Waals surface area contributed by atoms with Crippen LogP contribution in [0.2, 0.25) is 0 Å². The van der Waals surface area contributed by atoms with E-state index < -0.39 is 0 Å². The summed E-state index contributed by atoms with van der Waals surface area (Å²) < 4.78 is 1.03. The molecule has 0 saturated heterocycles. The Morgan fingerprint density at radius 3 is 2.81 bits per heavy atom. The molecule has 0 aliphatic heterocycles. The molecule has 1 aromatic carbocycles. The SMILES string of the molecule is Cc1ccc2c(N)c(C(=O)NCC(C)(C)CCO)sc2c1. The van der Waals surface area contributed by atoms with Crippen molar-refractivity contribution in [1.82, 2.24) is 5.32 Å². The fourth-order valence-electron chi connectivity index (χ4n) is 2.18. The fraction of sp³-hybridized carbons (Fsp3) is 0.438. The summed E-state index contributed by atoms with van der Waals surface area (Å²) in [5, 5.41) is 12.9. The summed E-state index contributed by atoms with van der Waals surface area (Å²) in [6, 6.07) is 6.00. The number of hydrogen-bond acceptors (Lipinski definition) is 4. The molecule has 0 radical (unpaired) electrons. The van der Waals surface area contributed by atoms with Gasteiger partial charge in [-0.15, -0.1) is 11.3 Å². The van der Waals surface area contributed by atoms with Gasteiger partial charge in [-0.2, -0.15) is 0 Å². The highest BCUT2D eigenvalue weighted by Crippen LogP contribution is 2.34. The van der Waals surface area contributed by atoms with Crippen LogP contribution in [-0.4, -0.2) is 24.2 Å². The molecule has 0 aliphatic rings. The summed E-state index contributed by atoms with van der Waals surface area (Å²) in [5.41, 5.74) is 7.67. The van der Waals surface area contributed by atoms with Crippen LogP contribution in [0, 0.1) is 12.3 Å². The zero-order chi connectivity index (χ0) is 15.6. The van der Waals surface area contributed by atoms with Crippen LogP contribution in [0.15, 0.2) is 18.2 Å². The molecule has 1 amide bonds. The Bertz CT molecular complexity index is 662. The van der Waals surface area contributed by atoms with Crippen LogP contribution in [0.3, 0.4) is 0 Å². The lowest BCUT2D eigenvalue weighted by molar-refractivity contribution is 0.0933. The lowest BCUT2D eigenvalue weighted by atomic mass is 9.90. The molecule has 21 heavy (non-hydrogen) atoms. The molecule has 1 heterocycles. The Hall–Kier alpha value is -1.59. The first-order chi connectivity index (χ1) is 9.84. The molecule has 4 nitrogen and oxygen atoms in total. The van der Waals surface area contributed by atoms with Gasteiger partial charge in [-0.3, -0.25) is 4.79 Å². The number of carbonyl (C=O) groups excluding carboxylic acids is 1. The molecule has 5 heteroatoms. The lowest BCUT2D eigenvalue weighted by Gasteiger charge is -2.23. The average Bonchev–Trinajstić information content (AvgIpc) is 2.73. The van der Waals surface area contributed by atoms with Gasteiger partial charge in [0.1, 0.15) is 4.88 Å². The number of aryl methyl sites for hydroxylation is 1. The van der Waals surface area contributed by atoms with Gasteiger partial charge in [0.05, 0.1) is 5.69 Å². The second-order valence-corrected chi connectivity index (χ2v) is 7.22. The van der Waals surface area contributed by atoms with Crippen LogP contribution in [0.25, 0.3) is 10.1 Å². The van der Waals surface area contributed by atoms with Crippen molar-refractivity contribution >= 4 is 33.0 Å². The first-order valence-corrected chi connectivity index (χ1v) is 7.83. The summed E-state index contributed by atoms with van der Waals surface area (Å²) in [5.74, 6) is -0.141. The number of fused-ring (bicyclic) bond motifs is 1. The highest BCUT2D eigenvalue weighted by Gasteiger charge is 2.21. The summed E-state index contributed by atoms with van der Waals surface area (Å²) in [6.45, 7) is 6.68. The lowest BCUT2D eigenvalue weighted by Crippen LogP contribution is -2.34. The highest BCUT2D eigenvalue weighted by molar-refractivity contribution is 7.21. The zero-order valence-corrected chi connectivity index (χ0v) is 13.5. The van der Waals surface area contributed by atoms with E-state index in [0.29, 0.717) is 23.5 Å². The van der Waals surface area contributed by atoms with Crippen molar-refractivity contribution < 1.29 is 9.90 Å². The fourth-order valence-corrected chi connectivity index (χ4v) is 3.32. The second kappa shape index (κ2) is 6.03. The van der Waals surface area contributed by atoms with Gasteiger partial charge in [0, 0.05) is 23.2 Å². The van der Waals surface area contributed by atoms with Crippen molar-refractivity contribution in [3.8, 4) is 0 Å². The van der Waals surface area contributed by atoms with Gasteiger partial charge in [-0.1, -0.05) is 26.0 Å². The maximum atomic E-state index is 12.3. The second-order valence-electron chi connectivity index (χ2n) is 6.16. The molecule has 0 aliphatic carbocycles. The minimum atomic E-state index is -0.141. The van der Waals surface area contributed by atoms with Gasteiger partial charge in [-0.05, 0) is 30.4 Å². The van der Waals surface area contributed by atoms with E-state index in [1.165, 1.54) is 11.3 Å². The smallest absolute Gasteiger partial charge is 0.263 e. The van der Waals surface area contributed by atoms with Gasteiger partial charge >= 0.3 is 0 Å². The number of rotatable bonds is 5. The van der Waals surface area contributed by atoms with Gasteiger partial charge in [0.25, 0.3) is 5.91 Å². The van der Waals surface area contributed by atoms with E-state index in [0.717, 1.165) is 15.6 Å². The molecule has 0 saturated carbocycles. The Balaban J connectivity index is 2.18. The van der Waals surface area contributed by atoms with E-state index in [4.69, 9.17) is 10.8 Å². The first kappa shape index (κ1) is 15.8. The van der Waals surface area contributed by atoms with Crippen molar-refractivity contribution in [2.24, 2.45) is 5.41 Å². The number of nitrogens with two attached hydrogens (primary N) is 1. The molecule has 1 aromatic heterocycles. The van der Waals surface area contributed by atoms with Gasteiger partial charge in [-0.25, -0.2) is 0 Å². The molecule has 0 unspecified atom stereocenters. The molecule has 2 aromatic rings. The number of anilines is 1. The van der Waals surface area contributed by atoms with E-state index in [1.807, 2.05) is 39.0 Å². The molecule has 0 spiro atoms. The first-order valence-electron chi connectivity index (χ1n) is 7.02. The predicted molar refractivity (Wildman–Crippen MR) is 88.8 cm³/mol. The van der Waals surface area contributed by atoms with Crippen molar-refractivity contribution in [1.29, 1.82) is 0 Å². The number of benzene rings is 1. The quantitative estimate of drug-likeness (QED) is 0.795. The minimum Gasteiger partial charge on any atom is -0.397 e. The maximum Gasteiger partial charge on any atom is 0.263 e. The third-order valence-corrected chi connectivity index (χ3v) is 4.77. The number of amides is 1. The normalized spacial score (nSPS) is 11.8. The molecule has 0 bridgehead atoms. The van der Waals surface area contributed by atoms with Crippen molar-refractivity contribution in [2.75, 3.05) is 18.9 Å². The minimum absolute atomic E-state index is 0.118. The number of thiophene rings is 1. The largest absolute Gasteiger partial charge is 0.397 e. The van der Waals surface area contributed by atoms with Crippen LogP contribution in [-0.2, 0) is 0 Å². The van der Waals surface area contributed by atoms with E-state index in [9.17, 15) is 4.79 Å². The molecular formula is C16H22N2O2S. The number of aliphatic hydroxyl groups excluding tert-OH is 1. The molecular weight excluding hydrogens is 284 g/mol. The molecule has 0 fully saturated rings. The molecule has 4 N–H and O–H groups in total. The van der Waals surface area contributed by atoms with E-state index in [-0.39, 0.29) is 17.9 Å². The summed E-state index contributed by atoms with van der Waals surface area (Å²) in [6.07, 6.45) is 0.647. The van der Waals surface area contributed by atoms with E-state index >= 15 is 0 Å². The van der Waals surface area contributed by atoms with Gasteiger partial charge < -0.3 is 16.2 Å². The van der Waals surface area contributed by atoms with Gasteiger partial charge in [0.15, 0.2) is 0 Å². The standard InChI is InChI=1S/C16H22N2O2S/c1-10-4-5-11-12(8-10)21-14(13(11)17)15(20)18-9-16(2,3)6-7-19/h4-5,8,19H,6-7,9,17H2,1-3H3,(H,18,20). The van der Waals surface area contributed by atoms with Crippen molar-refractivity contribution in [3.63, 3.8) is 0 Å².